The number of carbonyl (C=O) groups is 1. The number of Topliss-reactive ketones (excluding diaryl/α,β-unsaturated/α-hetero) is 1. The molecule has 0 saturated heterocycles. The first kappa shape index (κ1) is 15.1. The fourth-order valence-corrected chi connectivity index (χ4v) is 3.45. The predicted octanol–water partition coefficient (Wildman–Crippen LogP) is 5.25. The van der Waals surface area contributed by atoms with E-state index in [1.54, 1.807) is 0 Å². The molecule has 1 saturated carbocycles. The molecule has 0 unspecified atom stereocenters. The number of halogens is 1. The summed E-state index contributed by atoms with van der Waals surface area (Å²) >= 11 is 6.40. The molecule has 0 radical (unpaired) electrons. The van der Waals surface area contributed by atoms with Gasteiger partial charge in [0.25, 0.3) is 0 Å². The van der Waals surface area contributed by atoms with Crippen LogP contribution in [0.4, 0.5) is 5.69 Å². The molecule has 3 heteroatoms. The van der Waals surface area contributed by atoms with Crippen molar-refractivity contribution in [1.29, 1.82) is 0 Å². The molecule has 2 aromatic carbocycles. The van der Waals surface area contributed by atoms with E-state index in [1.165, 1.54) is 0 Å². The fourth-order valence-electron chi connectivity index (χ4n) is 3.20. The molecule has 1 fully saturated rings. The molecule has 114 valence electrons. The maximum Gasteiger partial charge on any atom is 0.138 e. The minimum absolute atomic E-state index is 0.00569. The van der Waals surface area contributed by atoms with E-state index < -0.39 is 0 Å². The summed E-state index contributed by atoms with van der Waals surface area (Å²) in [7, 11) is 0. The van der Waals surface area contributed by atoms with Crippen molar-refractivity contribution in [3.8, 4) is 0 Å². The van der Waals surface area contributed by atoms with Crippen LogP contribution < -0.4 is 5.32 Å². The zero-order chi connectivity index (χ0) is 15.4. The number of benzene rings is 2. The van der Waals surface area contributed by atoms with Crippen LogP contribution in [0.1, 0.15) is 37.3 Å². The van der Waals surface area contributed by atoms with Crippen LogP contribution in [0, 0.1) is 5.92 Å². The summed E-state index contributed by atoms with van der Waals surface area (Å²) < 4.78 is 0. The van der Waals surface area contributed by atoms with Crippen LogP contribution in [-0.4, -0.2) is 5.78 Å². The number of carbonyl (C=O) groups excluding carboxylic acids is 1. The van der Waals surface area contributed by atoms with Crippen LogP contribution in [0.5, 0.6) is 0 Å². The number of hydrogen-bond acceptors (Lipinski definition) is 2. The van der Waals surface area contributed by atoms with E-state index in [4.69, 9.17) is 11.6 Å². The van der Waals surface area contributed by atoms with Gasteiger partial charge in [-0.1, -0.05) is 54.4 Å². The van der Waals surface area contributed by atoms with Gasteiger partial charge < -0.3 is 5.32 Å². The second-order valence-electron chi connectivity index (χ2n) is 5.83. The normalized spacial score (nSPS) is 19.7. The van der Waals surface area contributed by atoms with E-state index in [2.05, 4.69) is 5.32 Å². The second-order valence-corrected chi connectivity index (χ2v) is 6.24. The van der Waals surface area contributed by atoms with Gasteiger partial charge in [0.1, 0.15) is 5.78 Å². The molecule has 2 atom stereocenters. The van der Waals surface area contributed by atoms with Crippen molar-refractivity contribution in [2.75, 3.05) is 5.32 Å². The van der Waals surface area contributed by atoms with Crippen LogP contribution in [0.3, 0.4) is 0 Å². The smallest absolute Gasteiger partial charge is 0.138 e. The Hall–Kier alpha value is -1.80. The third kappa shape index (κ3) is 3.33. The van der Waals surface area contributed by atoms with E-state index in [0.29, 0.717) is 17.2 Å². The van der Waals surface area contributed by atoms with Crippen molar-refractivity contribution in [3.63, 3.8) is 0 Å². The van der Waals surface area contributed by atoms with Crippen molar-refractivity contribution in [2.45, 2.75) is 31.7 Å². The highest BCUT2D eigenvalue weighted by Crippen LogP contribution is 2.37. The summed E-state index contributed by atoms with van der Waals surface area (Å²) in [6, 6.07) is 17.8. The first-order valence-electron chi connectivity index (χ1n) is 7.84. The third-order valence-corrected chi connectivity index (χ3v) is 4.68. The van der Waals surface area contributed by atoms with E-state index >= 15 is 0 Å². The average Bonchev–Trinajstić information content (AvgIpc) is 2.55. The van der Waals surface area contributed by atoms with Gasteiger partial charge in [0.15, 0.2) is 0 Å². The highest BCUT2D eigenvalue weighted by atomic mass is 35.5. The Morgan fingerprint density at radius 1 is 1.00 bits per heavy atom. The number of rotatable bonds is 4. The van der Waals surface area contributed by atoms with Crippen molar-refractivity contribution in [3.05, 3.63) is 65.2 Å². The molecular weight excluding hydrogens is 294 g/mol. The molecule has 2 nitrogen and oxygen atoms in total. The Bertz CT molecular complexity index is 641. The number of anilines is 1. The summed E-state index contributed by atoms with van der Waals surface area (Å²) in [4.78, 5) is 12.4. The molecule has 1 N–H and O–H groups in total. The van der Waals surface area contributed by atoms with Crippen molar-refractivity contribution < 1.29 is 4.79 Å². The molecule has 0 aliphatic heterocycles. The summed E-state index contributed by atoms with van der Waals surface area (Å²) in [5.74, 6) is 0.341. The van der Waals surface area contributed by atoms with Crippen LogP contribution in [0.2, 0.25) is 5.02 Å². The van der Waals surface area contributed by atoms with Gasteiger partial charge in [-0.25, -0.2) is 0 Å². The minimum Gasteiger partial charge on any atom is -0.377 e. The lowest BCUT2D eigenvalue weighted by atomic mass is 9.80. The fraction of sp³-hybridized carbons (Fsp3) is 0.316. The number of hydrogen-bond donors (Lipinski definition) is 1. The predicted molar refractivity (Wildman–Crippen MR) is 91.2 cm³/mol. The quantitative estimate of drug-likeness (QED) is 0.835. The molecule has 0 spiro atoms. The number of nitrogens with one attached hydrogen (secondary N) is 1. The summed E-state index contributed by atoms with van der Waals surface area (Å²) in [5, 5.41) is 4.25. The van der Waals surface area contributed by atoms with Crippen molar-refractivity contribution in [2.24, 2.45) is 5.92 Å². The monoisotopic (exact) mass is 313 g/mol. The summed E-state index contributed by atoms with van der Waals surface area (Å²) in [6.07, 6.45) is 3.72. The minimum atomic E-state index is -0.0658. The van der Waals surface area contributed by atoms with Crippen molar-refractivity contribution in [1.82, 2.24) is 0 Å². The Kier molecular flexibility index (Phi) is 4.79. The molecule has 1 aliphatic rings. The van der Waals surface area contributed by atoms with Gasteiger partial charge >= 0.3 is 0 Å². The van der Waals surface area contributed by atoms with Crippen LogP contribution >= 0.6 is 11.6 Å². The largest absolute Gasteiger partial charge is 0.377 e. The zero-order valence-electron chi connectivity index (χ0n) is 12.5. The van der Waals surface area contributed by atoms with Crippen molar-refractivity contribution >= 4 is 23.1 Å². The van der Waals surface area contributed by atoms with Gasteiger partial charge in [-0.15, -0.1) is 0 Å². The molecule has 0 amide bonds. The topological polar surface area (TPSA) is 29.1 Å². The van der Waals surface area contributed by atoms with Gasteiger partial charge in [-0.2, -0.15) is 0 Å². The van der Waals surface area contributed by atoms with E-state index in [0.717, 1.165) is 30.5 Å². The van der Waals surface area contributed by atoms with Gasteiger partial charge in [0, 0.05) is 23.0 Å². The van der Waals surface area contributed by atoms with Gasteiger partial charge in [-0.05, 0) is 36.6 Å². The molecule has 3 rings (SSSR count). The van der Waals surface area contributed by atoms with Gasteiger partial charge in [-0.3, -0.25) is 4.79 Å². The van der Waals surface area contributed by atoms with E-state index in [1.807, 2.05) is 54.6 Å². The maximum absolute atomic E-state index is 12.4. The van der Waals surface area contributed by atoms with Gasteiger partial charge in [0.2, 0.25) is 0 Å². The standard InChI is InChI=1S/C19H20ClNO/c20-17-12-6-4-10-15(17)19(16-11-5-7-13-18(16)22)21-14-8-2-1-3-9-14/h1-4,6,8-10,12,16,19,21H,5,7,11,13H2/t16-,19+/m1/s1. The lowest BCUT2D eigenvalue weighted by molar-refractivity contribution is -0.125. The molecule has 1 aliphatic carbocycles. The summed E-state index contributed by atoms with van der Waals surface area (Å²) in [5.41, 5.74) is 2.03. The molecule has 22 heavy (non-hydrogen) atoms. The van der Waals surface area contributed by atoms with E-state index in [-0.39, 0.29) is 12.0 Å². The SMILES string of the molecule is O=C1CCCC[C@H]1[C@@H](Nc1ccccc1)c1ccccc1Cl. The molecule has 0 aromatic heterocycles. The first-order chi connectivity index (χ1) is 10.8. The first-order valence-corrected chi connectivity index (χ1v) is 8.22. The molecule has 2 aromatic rings. The Morgan fingerprint density at radius 2 is 1.73 bits per heavy atom. The highest BCUT2D eigenvalue weighted by molar-refractivity contribution is 6.31. The Balaban J connectivity index is 1.94. The van der Waals surface area contributed by atoms with Crippen LogP contribution in [0.15, 0.2) is 54.6 Å². The number of ketones is 1. The number of para-hydroxylation sites is 1. The lowest BCUT2D eigenvalue weighted by Crippen LogP contribution is -2.30. The average molecular weight is 314 g/mol. The molecular formula is C19H20ClNO. The Labute approximate surface area is 136 Å². The lowest BCUT2D eigenvalue weighted by Gasteiger charge is -2.31. The maximum atomic E-state index is 12.4. The third-order valence-electron chi connectivity index (χ3n) is 4.34. The summed E-state index contributed by atoms with van der Waals surface area (Å²) in [6.45, 7) is 0. The zero-order valence-corrected chi connectivity index (χ0v) is 13.2. The van der Waals surface area contributed by atoms with Gasteiger partial charge in [0.05, 0.1) is 6.04 Å². The molecule has 0 heterocycles. The second kappa shape index (κ2) is 6.97. The highest BCUT2D eigenvalue weighted by Gasteiger charge is 2.32. The van der Waals surface area contributed by atoms with E-state index in [9.17, 15) is 4.79 Å². The van der Waals surface area contributed by atoms with Crippen LogP contribution in [-0.2, 0) is 4.79 Å². The molecule has 0 bridgehead atoms. The van der Waals surface area contributed by atoms with Crippen LogP contribution in [0.25, 0.3) is 0 Å². The Morgan fingerprint density at radius 3 is 2.45 bits per heavy atom.